The molecule has 0 radical (unpaired) electrons. The Morgan fingerprint density at radius 3 is 2.81 bits per heavy atom. The Bertz CT molecular complexity index is 1020. The van der Waals surface area contributed by atoms with E-state index in [1.807, 2.05) is 60.0 Å². The van der Waals surface area contributed by atoms with Gasteiger partial charge in [0.05, 0.1) is 16.8 Å². The summed E-state index contributed by atoms with van der Waals surface area (Å²) >= 11 is 1.32. The highest BCUT2D eigenvalue weighted by molar-refractivity contribution is 7.99. The number of rotatable bonds is 5. The summed E-state index contributed by atoms with van der Waals surface area (Å²) in [6, 6.07) is 15.7. The van der Waals surface area contributed by atoms with Crippen LogP contribution in [0.5, 0.6) is 0 Å². The van der Waals surface area contributed by atoms with Gasteiger partial charge in [-0.1, -0.05) is 41.6 Å². The minimum Gasteiger partial charge on any atom is -0.324 e. The summed E-state index contributed by atoms with van der Waals surface area (Å²) in [5.74, 6) is 0.492. The number of anilines is 1. The molecule has 4 aromatic rings. The zero-order chi connectivity index (χ0) is 17.9. The van der Waals surface area contributed by atoms with Crippen molar-refractivity contribution in [3.8, 4) is 5.69 Å². The summed E-state index contributed by atoms with van der Waals surface area (Å²) in [6.07, 6.45) is 1.64. The molecular weight excluding hydrogens is 348 g/mol. The van der Waals surface area contributed by atoms with E-state index < -0.39 is 0 Å². The van der Waals surface area contributed by atoms with Crippen LogP contribution in [0.4, 0.5) is 5.95 Å². The first-order chi connectivity index (χ1) is 12.7. The van der Waals surface area contributed by atoms with Crippen molar-refractivity contribution in [3.05, 3.63) is 60.4 Å². The minimum atomic E-state index is -0.160. The maximum absolute atomic E-state index is 12.2. The molecule has 7 nitrogen and oxygen atoms in total. The molecule has 2 heterocycles. The molecule has 0 bridgehead atoms. The maximum Gasteiger partial charge on any atom is 0.237 e. The average molecular weight is 364 g/mol. The fourth-order valence-corrected chi connectivity index (χ4v) is 3.24. The van der Waals surface area contributed by atoms with E-state index in [2.05, 4.69) is 25.5 Å². The quantitative estimate of drug-likeness (QED) is 0.531. The Hall–Kier alpha value is -3.13. The van der Waals surface area contributed by atoms with Crippen molar-refractivity contribution in [2.45, 2.75) is 12.1 Å². The second kappa shape index (κ2) is 7.01. The van der Waals surface area contributed by atoms with Gasteiger partial charge in [-0.15, -0.1) is 10.2 Å². The van der Waals surface area contributed by atoms with Gasteiger partial charge in [-0.2, -0.15) is 0 Å². The molecule has 0 aliphatic carbocycles. The average Bonchev–Trinajstić information content (AvgIpc) is 3.26. The summed E-state index contributed by atoms with van der Waals surface area (Å²) in [7, 11) is 0. The number of benzene rings is 2. The number of nitrogens with zero attached hydrogens (tertiary/aromatic N) is 4. The predicted octanol–water partition coefficient (Wildman–Crippen LogP) is 3.18. The molecule has 4 rings (SSSR count). The number of hydrogen-bond acceptors (Lipinski definition) is 5. The Labute approximate surface area is 153 Å². The Morgan fingerprint density at radius 1 is 1.19 bits per heavy atom. The highest BCUT2D eigenvalue weighted by Crippen LogP contribution is 2.20. The highest BCUT2D eigenvalue weighted by Gasteiger charge is 2.11. The molecule has 2 aromatic heterocycles. The lowest BCUT2D eigenvalue weighted by Crippen LogP contribution is -2.15. The second-order valence-electron chi connectivity index (χ2n) is 5.76. The van der Waals surface area contributed by atoms with E-state index >= 15 is 0 Å². The number of hydrogen-bond donors (Lipinski definition) is 2. The predicted molar refractivity (Wildman–Crippen MR) is 102 cm³/mol. The number of nitrogens with one attached hydrogen (secondary N) is 2. The van der Waals surface area contributed by atoms with Gasteiger partial charge in [-0.05, 0) is 31.2 Å². The van der Waals surface area contributed by atoms with Crippen molar-refractivity contribution in [2.75, 3.05) is 11.1 Å². The third-order valence-corrected chi connectivity index (χ3v) is 4.75. The van der Waals surface area contributed by atoms with Crippen LogP contribution in [0.15, 0.2) is 60.0 Å². The number of imidazole rings is 1. The summed E-state index contributed by atoms with van der Waals surface area (Å²) in [5, 5.41) is 11.5. The van der Waals surface area contributed by atoms with Crippen LogP contribution in [0.1, 0.15) is 5.56 Å². The number of carbonyl (C=O) groups excluding carboxylic acids is 1. The summed E-state index contributed by atoms with van der Waals surface area (Å²) in [4.78, 5) is 19.6. The zero-order valence-electron chi connectivity index (χ0n) is 14.0. The highest BCUT2D eigenvalue weighted by atomic mass is 32.2. The first kappa shape index (κ1) is 16.3. The molecule has 0 fully saturated rings. The first-order valence-electron chi connectivity index (χ1n) is 8.03. The van der Waals surface area contributed by atoms with Crippen LogP contribution in [0.25, 0.3) is 16.7 Å². The topological polar surface area (TPSA) is 88.5 Å². The molecule has 0 aliphatic heterocycles. The lowest BCUT2D eigenvalue weighted by atomic mass is 10.2. The van der Waals surface area contributed by atoms with Gasteiger partial charge in [0.1, 0.15) is 6.33 Å². The SMILES string of the molecule is Cc1ccc(-n2cnnc2SCC(=O)Nc2nc3ccccc3[nH]2)cc1. The number of carbonyl (C=O) groups is 1. The van der Waals surface area contributed by atoms with Gasteiger partial charge >= 0.3 is 0 Å². The molecule has 130 valence electrons. The Balaban J connectivity index is 1.42. The van der Waals surface area contributed by atoms with Crippen LogP contribution in [0.2, 0.25) is 0 Å². The number of H-pyrrole nitrogens is 1. The Kier molecular flexibility index (Phi) is 4.40. The van der Waals surface area contributed by atoms with E-state index in [4.69, 9.17) is 0 Å². The molecular formula is C18H16N6OS. The summed E-state index contributed by atoms with van der Waals surface area (Å²) < 4.78 is 1.86. The van der Waals surface area contributed by atoms with Crippen LogP contribution in [-0.4, -0.2) is 36.4 Å². The third-order valence-electron chi connectivity index (χ3n) is 3.81. The number of para-hydroxylation sites is 2. The van der Waals surface area contributed by atoms with Gasteiger partial charge in [0.15, 0.2) is 5.16 Å². The van der Waals surface area contributed by atoms with Gasteiger partial charge in [-0.3, -0.25) is 14.7 Å². The number of aromatic nitrogens is 5. The molecule has 8 heteroatoms. The first-order valence-corrected chi connectivity index (χ1v) is 9.02. The van der Waals surface area contributed by atoms with Gasteiger partial charge < -0.3 is 4.98 Å². The van der Waals surface area contributed by atoms with Gasteiger partial charge in [-0.25, -0.2) is 4.98 Å². The maximum atomic E-state index is 12.2. The lowest BCUT2D eigenvalue weighted by molar-refractivity contribution is -0.113. The van der Waals surface area contributed by atoms with Crippen molar-refractivity contribution in [2.24, 2.45) is 0 Å². The second-order valence-corrected chi connectivity index (χ2v) is 6.70. The molecule has 2 N–H and O–H groups in total. The van der Waals surface area contributed by atoms with Crippen LogP contribution in [-0.2, 0) is 4.79 Å². The van der Waals surface area contributed by atoms with Gasteiger partial charge in [0, 0.05) is 5.69 Å². The van der Waals surface area contributed by atoms with E-state index in [1.165, 1.54) is 17.3 Å². The minimum absolute atomic E-state index is 0.160. The van der Waals surface area contributed by atoms with E-state index in [0.717, 1.165) is 16.7 Å². The standard InChI is InChI=1S/C18H16N6OS/c1-12-6-8-13(9-7-12)24-11-19-23-18(24)26-10-16(25)22-17-20-14-4-2-3-5-15(14)21-17/h2-9,11H,10H2,1H3,(H2,20,21,22,25). The molecule has 0 aliphatic rings. The van der Waals surface area contributed by atoms with Gasteiger partial charge in [0.25, 0.3) is 0 Å². The fourth-order valence-electron chi connectivity index (χ4n) is 2.52. The van der Waals surface area contributed by atoms with Crippen molar-refractivity contribution in [1.82, 2.24) is 24.7 Å². The number of aryl methyl sites for hydroxylation is 1. The molecule has 2 aromatic carbocycles. The van der Waals surface area contributed by atoms with E-state index in [0.29, 0.717) is 11.1 Å². The van der Waals surface area contributed by atoms with E-state index in [9.17, 15) is 4.79 Å². The van der Waals surface area contributed by atoms with Crippen LogP contribution in [0.3, 0.4) is 0 Å². The number of thioether (sulfide) groups is 1. The molecule has 1 amide bonds. The Morgan fingerprint density at radius 2 is 2.00 bits per heavy atom. The molecule has 26 heavy (non-hydrogen) atoms. The fraction of sp³-hybridized carbons (Fsp3) is 0.111. The van der Waals surface area contributed by atoms with E-state index in [-0.39, 0.29) is 11.7 Å². The number of fused-ring (bicyclic) bond motifs is 1. The number of aromatic amines is 1. The third kappa shape index (κ3) is 3.45. The van der Waals surface area contributed by atoms with Gasteiger partial charge in [0.2, 0.25) is 11.9 Å². The van der Waals surface area contributed by atoms with Crippen LogP contribution < -0.4 is 5.32 Å². The summed E-state index contributed by atoms with van der Waals surface area (Å²) in [5.41, 5.74) is 3.84. The molecule has 0 atom stereocenters. The molecule has 0 saturated heterocycles. The number of amides is 1. The van der Waals surface area contributed by atoms with Crippen molar-refractivity contribution < 1.29 is 4.79 Å². The zero-order valence-corrected chi connectivity index (χ0v) is 14.8. The van der Waals surface area contributed by atoms with Crippen LogP contribution in [0, 0.1) is 6.92 Å². The van der Waals surface area contributed by atoms with Crippen molar-refractivity contribution in [1.29, 1.82) is 0 Å². The lowest BCUT2D eigenvalue weighted by Gasteiger charge is -2.06. The molecule has 0 spiro atoms. The molecule has 0 unspecified atom stereocenters. The van der Waals surface area contributed by atoms with Crippen LogP contribution >= 0.6 is 11.8 Å². The smallest absolute Gasteiger partial charge is 0.237 e. The normalized spacial score (nSPS) is 11.0. The van der Waals surface area contributed by atoms with E-state index in [1.54, 1.807) is 6.33 Å². The monoisotopic (exact) mass is 364 g/mol. The van der Waals surface area contributed by atoms with Crippen molar-refractivity contribution >= 4 is 34.7 Å². The largest absolute Gasteiger partial charge is 0.324 e. The summed E-state index contributed by atoms with van der Waals surface area (Å²) in [6.45, 7) is 2.04. The van der Waals surface area contributed by atoms with Crippen molar-refractivity contribution in [3.63, 3.8) is 0 Å². The molecule has 0 saturated carbocycles.